The molecule has 0 saturated carbocycles. The molecule has 82 valence electrons. The highest BCUT2D eigenvalue weighted by molar-refractivity contribution is 7.99. The van der Waals surface area contributed by atoms with Gasteiger partial charge in [-0.05, 0) is 36.4 Å². The second kappa shape index (κ2) is 5.58. The van der Waals surface area contributed by atoms with Crippen LogP contribution in [0.25, 0.3) is 0 Å². The lowest BCUT2D eigenvalue weighted by Gasteiger charge is -2.05. The van der Waals surface area contributed by atoms with Crippen LogP contribution in [0.5, 0.6) is 0 Å². The third-order valence-corrected chi connectivity index (χ3v) is 2.99. The standard InChI is InChI=1S/C11H12N4S/c12-4-3-9-2-1-5-15-11(9)16-10-8-13-6-7-14-10/h1-2,5-8H,3-4,12H2. The van der Waals surface area contributed by atoms with Crippen molar-refractivity contribution < 1.29 is 0 Å². The number of hydrogen-bond acceptors (Lipinski definition) is 5. The average molecular weight is 232 g/mol. The highest BCUT2D eigenvalue weighted by Crippen LogP contribution is 2.26. The van der Waals surface area contributed by atoms with Crippen LogP contribution in [-0.4, -0.2) is 21.5 Å². The molecule has 2 rings (SSSR count). The van der Waals surface area contributed by atoms with E-state index in [1.54, 1.807) is 24.8 Å². The average Bonchev–Trinajstić information content (AvgIpc) is 2.33. The van der Waals surface area contributed by atoms with Crippen molar-refractivity contribution in [2.75, 3.05) is 6.54 Å². The first kappa shape index (κ1) is 11.0. The Morgan fingerprint density at radius 1 is 1.19 bits per heavy atom. The Hall–Kier alpha value is -1.46. The van der Waals surface area contributed by atoms with Gasteiger partial charge in [-0.25, -0.2) is 9.97 Å². The molecule has 2 N–H and O–H groups in total. The van der Waals surface area contributed by atoms with E-state index < -0.39 is 0 Å². The number of aromatic nitrogens is 3. The fourth-order valence-electron chi connectivity index (χ4n) is 1.30. The maximum absolute atomic E-state index is 5.56. The summed E-state index contributed by atoms with van der Waals surface area (Å²) in [5.41, 5.74) is 6.71. The van der Waals surface area contributed by atoms with Crippen molar-refractivity contribution in [3.63, 3.8) is 0 Å². The van der Waals surface area contributed by atoms with Gasteiger partial charge in [0, 0.05) is 18.6 Å². The van der Waals surface area contributed by atoms with Crippen molar-refractivity contribution in [3.8, 4) is 0 Å². The second-order valence-corrected chi connectivity index (χ2v) is 4.16. The number of hydrogen-bond donors (Lipinski definition) is 1. The molecule has 0 unspecified atom stereocenters. The molecule has 4 nitrogen and oxygen atoms in total. The van der Waals surface area contributed by atoms with Crippen molar-refractivity contribution in [1.82, 2.24) is 15.0 Å². The fraction of sp³-hybridized carbons (Fsp3) is 0.182. The van der Waals surface area contributed by atoms with E-state index in [-0.39, 0.29) is 0 Å². The van der Waals surface area contributed by atoms with Crippen LogP contribution in [-0.2, 0) is 6.42 Å². The second-order valence-electron chi connectivity index (χ2n) is 3.15. The molecule has 2 aromatic rings. The van der Waals surface area contributed by atoms with Crippen LogP contribution in [0, 0.1) is 0 Å². The van der Waals surface area contributed by atoms with Gasteiger partial charge in [0.05, 0.1) is 6.20 Å². The van der Waals surface area contributed by atoms with Gasteiger partial charge < -0.3 is 5.73 Å². The van der Waals surface area contributed by atoms with Crippen LogP contribution >= 0.6 is 11.8 Å². The molecule has 2 aromatic heterocycles. The van der Waals surface area contributed by atoms with E-state index in [0.717, 1.165) is 22.0 Å². The van der Waals surface area contributed by atoms with Crippen LogP contribution in [0.1, 0.15) is 5.56 Å². The minimum atomic E-state index is 0.625. The molecule has 0 spiro atoms. The summed E-state index contributed by atoms with van der Waals surface area (Å²) >= 11 is 1.51. The minimum Gasteiger partial charge on any atom is -0.330 e. The molecular formula is C11H12N4S. The summed E-state index contributed by atoms with van der Waals surface area (Å²) in [7, 11) is 0. The molecule has 0 aliphatic heterocycles. The van der Waals surface area contributed by atoms with Crippen LogP contribution < -0.4 is 5.73 Å². The van der Waals surface area contributed by atoms with Crippen molar-refractivity contribution in [2.45, 2.75) is 16.5 Å². The van der Waals surface area contributed by atoms with E-state index in [0.29, 0.717) is 6.54 Å². The zero-order valence-corrected chi connectivity index (χ0v) is 9.52. The van der Waals surface area contributed by atoms with Crippen molar-refractivity contribution in [2.24, 2.45) is 5.73 Å². The van der Waals surface area contributed by atoms with Gasteiger partial charge >= 0.3 is 0 Å². The van der Waals surface area contributed by atoms with Gasteiger partial charge in [-0.2, -0.15) is 0 Å². The van der Waals surface area contributed by atoms with E-state index >= 15 is 0 Å². The molecule has 0 atom stereocenters. The zero-order valence-electron chi connectivity index (χ0n) is 8.71. The van der Waals surface area contributed by atoms with Gasteiger partial charge in [-0.3, -0.25) is 4.98 Å². The smallest absolute Gasteiger partial charge is 0.121 e. The molecule has 0 aliphatic carbocycles. The van der Waals surface area contributed by atoms with Crippen molar-refractivity contribution in [3.05, 3.63) is 42.5 Å². The van der Waals surface area contributed by atoms with Gasteiger partial charge in [0.15, 0.2) is 0 Å². The first-order valence-corrected chi connectivity index (χ1v) is 5.79. The fourth-order valence-corrected chi connectivity index (χ4v) is 2.14. The zero-order chi connectivity index (χ0) is 11.2. The minimum absolute atomic E-state index is 0.625. The van der Waals surface area contributed by atoms with Crippen LogP contribution in [0.4, 0.5) is 0 Å². The van der Waals surface area contributed by atoms with Gasteiger partial charge in [-0.15, -0.1) is 0 Å². The quantitative estimate of drug-likeness (QED) is 0.866. The first-order valence-electron chi connectivity index (χ1n) is 4.98. The Kier molecular flexibility index (Phi) is 3.85. The molecule has 5 heteroatoms. The molecule has 0 bridgehead atoms. The molecule has 0 amide bonds. The van der Waals surface area contributed by atoms with Gasteiger partial charge in [0.1, 0.15) is 10.1 Å². The topological polar surface area (TPSA) is 64.7 Å². The predicted octanol–water partition coefficient (Wildman–Crippen LogP) is 1.52. The number of rotatable bonds is 4. The molecule has 0 saturated heterocycles. The summed E-state index contributed by atoms with van der Waals surface area (Å²) in [6.07, 6.45) is 7.66. The Balaban J connectivity index is 2.21. The molecule has 0 aliphatic rings. The number of nitrogens with zero attached hydrogens (tertiary/aromatic N) is 3. The molecule has 16 heavy (non-hydrogen) atoms. The third kappa shape index (κ3) is 2.77. The van der Waals surface area contributed by atoms with Crippen LogP contribution in [0.15, 0.2) is 47.0 Å². The van der Waals surface area contributed by atoms with Crippen molar-refractivity contribution in [1.29, 1.82) is 0 Å². The summed E-state index contributed by atoms with van der Waals surface area (Å²) in [6, 6.07) is 3.96. The van der Waals surface area contributed by atoms with Crippen LogP contribution in [0.2, 0.25) is 0 Å². The van der Waals surface area contributed by atoms with Gasteiger partial charge in [-0.1, -0.05) is 6.07 Å². The van der Waals surface area contributed by atoms with E-state index in [2.05, 4.69) is 15.0 Å². The summed E-state index contributed by atoms with van der Waals surface area (Å²) in [5, 5.41) is 1.80. The monoisotopic (exact) mass is 232 g/mol. The summed E-state index contributed by atoms with van der Waals surface area (Å²) in [5.74, 6) is 0. The molecule has 0 fully saturated rings. The van der Waals surface area contributed by atoms with E-state index in [1.165, 1.54) is 11.8 Å². The SMILES string of the molecule is NCCc1cccnc1Sc1cnccn1. The molecule has 0 aromatic carbocycles. The lowest BCUT2D eigenvalue weighted by molar-refractivity contribution is 0.909. The van der Waals surface area contributed by atoms with E-state index in [9.17, 15) is 0 Å². The largest absolute Gasteiger partial charge is 0.330 e. The van der Waals surface area contributed by atoms with Gasteiger partial charge in [0.2, 0.25) is 0 Å². The number of pyridine rings is 1. The number of nitrogens with two attached hydrogens (primary N) is 1. The maximum atomic E-state index is 5.56. The normalized spacial score (nSPS) is 10.3. The Morgan fingerprint density at radius 3 is 2.88 bits per heavy atom. The van der Waals surface area contributed by atoms with Crippen molar-refractivity contribution >= 4 is 11.8 Å². The molecular weight excluding hydrogens is 220 g/mol. The summed E-state index contributed by atoms with van der Waals surface area (Å²) < 4.78 is 0. The third-order valence-electron chi connectivity index (χ3n) is 2.00. The highest BCUT2D eigenvalue weighted by atomic mass is 32.2. The Bertz CT molecular complexity index is 447. The van der Waals surface area contributed by atoms with Gasteiger partial charge in [0.25, 0.3) is 0 Å². The first-order chi connectivity index (χ1) is 7.90. The lowest BCUT2D eigenvalue weighted by atomic mass is 10.2. The summed E-state index contributed by atoms with van der Waals surface area (Å²) in [6.45, 7) is 0.625. The van der Waals surface area contributed by atoms with E-state index in [1.807, 2.05) is 12.1 Å². The lowest BCUT2D eigenvalue weighted by Crippen LogP contribution is -2.04. The Morgan fingerprint density at radius 2 is 2.12 bits per heavy atom. The molecule has 0 radical (unpaired) electrons. The Labute approximate surface area is 98.3 Å². The highest BCUT2D eigenvalue weighted by Gasteiger charge is 2.05. The van der Waals surface area contributed by atoms with E-state index in [4.69, 9.17) is 5.73 Å². The van der Waals surface area contributed by atoms with Crippen LogP contribution in [0.3, 0.4) is 0 Å². The maximum Gasteiger partial charge on any atom is 0.121 e. The predicted molar refractivity (Wildman–Crippen MR) is 63.2 cm³/mol. The molecule has 2 heterocycles. The summed E-state index contributed by atoms with van der Waals surface area (Å²) in [4.78, 5) is 12.6.